The lowest BCUT2D eigenvalue weighted by Gasteiger charge is -2.27. The SMILES string of the molecule is CCOC(=O)c1c(NC(=O)Cc2ccc(C)cc2C)sc2c1CC[NH+](C(C)C)C2. The first kappa shape index (κ1) is 21.5. The second kappa shape index (κ2) is 9.09. The third-order valence-corrected chi connectivity index (χ3v) is 6.72. The van der Waals surface area contributed by atoms with Crippen molar-refractivity contribution in [3.63, 3.8) is 0 Å². The van der Waals surface area contributed by atoms with Crippen molar-refractivity contribution in [2.75, 3.05) is 18.5 Å². The van der Waals surface area contributed by atoms with Gasteiger partial charge in [-0.2, -0.15) is 0 Å². The number of nitrogens with one attached hydrogen (secondary N) is 2. The number of esters is 1. The van der Waals surface area contributed by atoms with Gasteiger partial charge in [-0.25, -0.2) is 4.79 Å². The number of quaternary nitrogens is 1. The fraction of sp³-hybridized carbons (Fsp3) is 0.478. The van der Waals surface area contributed by atoms with Gasteiger partial charge in [-0.05, 0) is 51.3 Å². The Hall–Kier alpha value is -2.18. The Morgan fingerprint density at radius 3 is 2.69 bits per heavy atom. The number of amides is 1. The molecule has 1 aromatic heterocycles. The van der Waals surface area contributed by atoms with E-state index in [1.807, 2.05) is 26.0 Å². The third kappa shape index (κ3) is 4.87. The predicted molar refractivity (Wildman–Crippen MR) is 117 cm³/mol. The van der Waals surface area contributed by atoms with Gasteiger partial charge in [-0.1, -0.05) is 23.8 Å². The van der Waals surface area contributed by atoms with Crippen LogP contribution in [0.3, 0.4) is 0 Å². The minimum absolute atomic E-state index is 0.103. The highest BCUT2D eigenvalue weighted by Gasteiger charge is 2.32. The molecular formula is C23H31N2O3S+. The normalized spacial score (nSPS) is 15.9. The Balaban J connectivity index is 1.85. The van der Waals surface area contributed by atoms with Crippen molar-refractivity contribution in [2.24, 2.45) is 0 Å². The van der Waals surface area contributed by atoms with Crippen LogP contribution in [0.2, 0.25) is 0 Å². The summed E-state index contributed by atoms with van der Waals surface area (Å²) in [5, 5.41) is 3.64. The highest BCUT2D eigenvalue weighted by molar-refractivity contribution is 7.17. The summed E-state index contributed by atoms with van der Waals surface area (Å²) in [5.41, 5.74) is 4.90. The van der Waals surface area contributed by atoms with E-state index in [4.69, 9.17) is 4.74 Å². The highest BCUT2D eigenvalue weighted by atomic mass is 32.1. The van der Waals surface area contributed by atoms with Crippen LogP contribution in [0.1, 0.15) is 58.3 Å². The van der Waals surface area contributed by atoms with Gasteiger partial charge in [0.05, 0.1) is 36.1 Å². The molecule has 1 unspecified atom stereocenters. The number of hydrogen-bond acceptors (Lipinski definition) is 4. The lowest BCUT2D eigenvalue weighted by molar-refractivity contribution is -0.936. The first-order chi connectivity index (χ1) is 13.8. The van der Waals surface area contributed by atoms with Crippen molar-refractivity contribution in [1.82, 2.24) is 0 Å². The number of aryl methyl sites for hydroxylation is 2. The molecule has 2 heterocycles. The van der Waals surface area contributed by atoms with Gasteiger partial charge < -0.3 is 15.0 Å². The maximum absolute atomic E-state index is 12.8. The standard InChI is InChI=1S/C23H30N2O3S/c1-6-28-23(27)21-18-9-10-25(14(2)3)13-19(18)29-22(21)24-20(26)12-17-8-7-15(4)11-16(17)5/h7-8,11,14H,6,9-10,12-13H2,1-5H3,(H,24,26)/p+1. The lowest BCUT2D eigenvalue weighted by Crippen LogP contribution is -3.14. The lowest BCUT2D eigenvalue weighted by atomic mass is 10.0. The maximum Gasteiger partial charge on any atom is 0.341 e. The minimum Gasteiger partial charge on any atom is -0.462 e. The molecule has 2 N–H and O–H groups in total. The van der Waals surface area contributed by atoms with E-state index in [1.165, 1.54) is 26.7 Å². The Bertz CT molecular complexity index is 917. The van der Waals surface area contributed by atoms with Gasteiger partial charge >= 0.3 is 5.97 Å². The molecule has 0 spiro atoms. The Morgan fingerprint density at radius 2 is 2.03 bits per heavy atom. The molecule has 0 saturated carbocycles. The van der Waals surface area contributed by atoms with Gasteiger partial charge in [0, 0.05) is 6.42 Å². The van der Waals surface area contributed by atoms with Crippen LogP contribution >= 0.6 is 11.3 Å². The van der Waals surface area contributed by atoms with Crippen molar-refractivity contribution in [2.45, 2.75) is 60.0 Å². The first-order valence-corrected chi connectivity index (χ1v) is 11.1. The fourth-order valence-corrected chi connectivity index (χ4v) is 5.19. The molecule has 5 nitrogen and oxygen atoms in total. The van der Waals surface area contributed by atoms with Crippen molar-refractivity contribution < 1.29 is 19.2 Å². The van der Waals surface area contributed by atoms with E-state index in [1.54, 1.807) is 6.92 Å². The van der Waals surface area contributed by atoms with E-state index in [0.29, 0.717) is 29.6 Å². The Morgan fingerprint density at radius 1 is 1.28 bits per heavy atom. The van der Waals surface area contributed by atoms with Crippen LogP contribution in [0.4, 0.5) is 5.00 Å². The molecule has 0 bridgehead atoms. The number of carbonyl (C=O) groups is 2. The van der Waals surface area contributed by atoms with E-state index >= 15 is 0 Å². The molecule has 0 saturated heterocycles. The number of ether oxygens (including phenoxy) is 1. The summed E-state index contributed by atoms with van der Waals surface area (Å²) < 4.78 is 5.31. The van der Waals surface area contributed by atoms with Crippen LogP contribution in [0.5, 0.6) is 0 Å². The average Bonchev–Trinajstić information content (AvgIpc) is 3.01. The second-order valence-electron chi connectivity index (χ2n) is 8.07. The third-order valence-electron chi connectivity index (χ3n) is 5.57. The van der Waals surface area contributed by atoms with Crippen molar-refractivity contribution >= 4 is 28.2 Å². The molecule has 156 valence electrons. The molecule has 1 atom stereocenters. The molecule has 6 heteroatoms. The maximum atomic E-state index is 12.8. The summed E-state index contributed by atoms with van der Waals surface area (Å²) in [6, 6.07) is 6.63. The Kier molecular flexibility index (Phi) is 6.75. The van der Waals surface area contributed by atoms with Gasteiger partial charge in [0.1, 0.15) is 11.5 Å². The number of anilines is 1. The summed E-state index contributed by atoms with van der Waals surface area (Å²) in [4.78, 5) is 28.1. The highest BCUT2D eigenvalue weighted by Crippen LogP contribution is 2.35. The topological polar surface area (TPSA) is 59.8 Å². The molecule has 3 rings (SSSR count). The molecule has 29 heavy (non-hydrogen) atoms. The molecular weight excluding hydrogens is 384 g/mol. The van der Waals surface area contributed by atoms with Gasteiger partial charge in [0.15, 0.2) is 0 Å². The number of hydrogen-bond donors (Lipinski definition) is 2. The smallest absolute Gasteiger partial charge is 0.341 e. The van der Waals surface area contributed by atoms with Crippen molar-refractivity contribution in [1.29, 1.82) is 0 Å². The van der Waals surface area contributed by atoms with Crippen LogP contribution in [0, 0.1) is 13.8 Å². The van der Waals surface area contributed by atoms with Gasteiger partial charge in [0.25, 0.3) is 0 Å². The second-order valence-corrected chi connectivity index (χ2v) is 9.18. The van der Waals surface area contributed by atoms with E-state index < -0.39 is 0 Å². The van der Waals surface area contributed by atoms with Gasteiger partial charge in [-0.15, -0.1) is 11.3 Å². The molecule has 0 fully saturated rings. The summed E-state index contributed by atoms with van der Waals surface area (Å²) in [5.74, 6) is -0.436. The van der Waals surface area contributed by atoms with E-state index in [2.05, 4.69) is 25.2 Å². The number of rotatable bonds is 6. The van der Waals surface area contributed by atoms with Gasteiger partial charge in [-0.3, -0.25) is 4.79 Å². The molecule has 0 aliphatic carbocycles. The fourth-order valence-electron chi connectivity index (χ4n) is 3.89. The molecule has 1 amide bonds. The molecule has 2 aromatic rings. The van der Waals surface area contributed by atoms with Crippen LogP contribution in [0.25, 0.3) is 0 Å². The van der Waals surface area contributed by atoms with E-state index in [-0.39, 0.29) is 11.9 Å². The zero-order valence-corrected chi connectivity index (χ0v) is 18.8. The van der Waals surface area contributed by atoms with E-state index in [9.17, 15) is 9.59 Å². The molecule has 1 aromatic carbocycles. The number of carbonyl (C=O) groups excluding carboxylic acids is 2. The molecule has 1 aliphatic rings. The largest absolute Gasteiger partial charge is 0.462 e. The number of thiophene rings is 1. The first-order valence-electron chi connectivity index (χ1n) is 10.3. The van der Waals surface area contributed by atoms with Crippen LogP contribution in [-0.4, -0.2) is 31.1 Å². The van der Waals surface area contributed by atoms with Crippen molar-refractivity contribution in [3.8, 4) is 0 Å². The van der Waals surface area contributed by atoms with Crippen LogP contribution in [0.15, 0.2) is 18.2 Å². The predicted octanol–water partition coefficient (Wildman–Crippen LogP) is 3.07. The summed E-state index contributed by atoms with van der Waals surface area (Å²) in [7, 11) is 0. The van der Waals surface area contributed by atoms with Crippen LogP contribution in [-0.2, 0) is 28.9 Å². The summed E-state index contributed by atoms with van der Waals surface area (Å²) in [6.07, 6.45) is 1.13. The average molecular weight is 416 g/mol. The molecule has 1 aliphatic heterocycles. The molecule has 0 radical (unpaired) electrons. The zero-order valence-electron chi connectivity index (χ0n) is 18.0. The zero-order chi connectivity index (χ0) is 21.1. The number of benzene rings is 1. The minimum atomic E-state index is -0.334. The Labute approximate surface area is 177 Å². The monoisotopic (exact) mass is 415 g/mol. The van der Waals surface area contributed by atoms with Crippen LogP contribution < -0.4 is 10.2 Å². The van der Waals surface area contributed by atoms with Gasteiger partial charge in [0.2, 0.25) is 5.91 Å². The number of fused-ring (bicyclic) bond motifs is 1. The summed E-state index contributed by atoms with van der Waals surface area (Å²) in [6.45, 7) is 12.5. The quantitative estimate of drug-likeness (QED) is 0.713. The summed E-state index contributed by atoms with van der Waals surface area (Å²) >= 11 is 1.53. The van der Waals surface area contributed by atoms with Crippen molar-refractivity contribution in [3.05, 3.63) is 50.9 Å². The van der Waals surface area contributed by atoms with E-state index in [0.717, 1.165) is 36.2 Å².